The number of likely N-dealkylation sites (tertiary alicyclic amines) is 2. The van der Waals surface area contributed by atoms with E-state index in [-0.39, 0.29) is 6.03 Å². The fourth-order valence-corrected chi connectivity index (χ4v) is 3.99. The highest BCUT2D eigenvalue weighted by atomic mass is 16.2. The number of anilines is 1. The lowest BCUT2D eigenvalue weighted by Gasteiger charge is -2.20. The van der Waals surface area contributed by atoms with Gasteiger partial charge in [-0.25, -0.2) is 9.48 Å². The zero-order valence-electron chi connectivity index (χ0n) is 15.4. The maximum Gasteiger partial charge on any atom is 0.321 e. The van der Waals surface area contributed by atoms with Crippen molar-refractivity contribution in [1.82, 2.24) is 19.6 Å². The molecule has 2 aliphatic rings. The molecule has 2 saturated heterocycles. The predicted molar refractivity (Wildman–Crippen MR) is 103 cm³/mol. The summed E-state index contributed by atoms with van der Waals surface area (Å²) in [6, 6.07) is 9.94. The first-order valence-electron chi connectivity index (χ1n) is 9.59. The summed E-state index contributed by atoms with van der Waals surface area (Å²) in [6.45, 7) is 7.20. The van der Waals surface area contributed by atoms with Crippen LogP contribution in [0.5, 0.6) is 0 Å². The number of aryl methyl sites for hydroxylation is 1. The average molecular weight is 353 g/mol. The van der Waals surface area contributed by atoms with Crippen LogP contribution in [-0.2, 0) is 0 Å². The third-order valence-corrected chi connectivity index (χ3v) is 5.45. The van der Waals surface area contributed by atoms with Crippen LogP contribution in [0.1, 0.15) is 25.0 Å². The number of rotatable bonds is 4. The van der Waals surface area contributed by atoms with Crippen molar-refractivity contribution in [2.24, 2.45) is 5.92 Å². The van der Waals surface area contributed by atoms with Crippen LogP contribution in [0.3, 0.4) is 0 Å². The van der Waals surface area contributed by atoms with Crippen LogP contribution in [0.4, 0.5) is 10.5 Å². The van der Waals surface area contributed by atoms with E-state index in [1.54, 1.807) is 0 Å². The Labute approximate surface area is 154 Å². The fraction of sp³-hybridized carbons (Fsp3) is 0.500. The van der Waals surface area contributed by atoms with Crippen LogP contribution in [0.15, 0.2) is 36.5 Å². The quantitative estimate of drug-likeness (QED) is 0.919. The van der Waals surface area contributed by atoms with Gasteiger partial charge in [-0.15, -0.1) is 0 Å². The van der Waals surface area contributed by atoms with Crippen molar-refractivity contribution in [2.45, 2.75) is 26.2 Å². The Morgan fingerprint density at radius 3 is 2.73 bits per heavy atom. The molecule has 0 bridgehead atoms. The molecule has 1 N–H and O–H groups in total. The maximum absolute atomic E-state index is 12.7. The zero-order valence-corrected chi connectivity index (χ0v) is 15.4. The molecule has 1 aromatic carbocycles. The Hall–Kier alpha value is -2.34. The number of hydrogen-bond acceptors (Lipinski definition) is 3. The molecule has 26 heavy (non-hydrogen) atoms. The lowest BCUT2D eigenvalue weighted by molar-refractivity contribution is 0.217. The molecular formula is C20H27N5O. The Morgan fingerprint density at radius 1 is 1.19 bits per heavy atom. The predicted octanol–water partition coefficient (Wildman–Crippen LogP) is 3.13. The van der Waals surface area contributed by atoms with Gasteiger partial charge in [-0.1, -0.05) is 18.2 Å². The SMILES string of the molecule is Cc1nn(-c2ccccc2)cc1NC(=O)N1CCC(CN2CCCC2)C1. The number of carbonyl (C=O) groups excluding carboxylic acids is 1. The van der Waals surface area contributed by atoms with Gasteiger partial charge in [0.05, 0.1) is 23.3 Å². The highest BCUT2D eigenvalue weighted by Gasteiger charge is 2.28. The molecule has 0 aliphatic carbocycles. The number of nitrogens with one attached hydrogen (secondary N) is 1. The van der Waals surface area contributed by atoms with Gasteiger partial charge in [0.2, 0.25) is 0 Å². The Kier molecular flexibility index (Phi) is 4.93. The van der Waals surface area contributed by atoms with Crippen molar-refractivity contribution >= 4 is 11.7 Å². The number of carbonyl (C=O) groups is 1. The fourth-order valence-electron chi connectivity index (χ4n) is 3.99. The van der Waals surface area contributed by atoms with Crippen LogP contribution >= 0.6 is 0 Å². The van der Waals surface area contributed by atoms with E-state index < -0.39 is 0 Å². The van der Waals surface area contributed by atoms with E-state index in [2.05, 4.69) is 15.3 Å². The molecule has 1 atom stereocenters. The second-order valence-corrected chi connectivity index (χ2v) is 7.45. The minimum absolute atomic E-state index is 0.00960. The molecule has 4 rings (SSSR count). The second-order valence-electron chi connectivity index (χ2n) is 7.45. The molecule has 2 aromatic rings. The molecule has 6 nitrogen and oxygen atoms in total. The minimum atomic E-state index is -0.00960. The molecule has 2 amide bonds. The smallest absolute Gasteiger partial charge is 0.321 e. The van der Waals surface area contributed by atoms with Crippen molar-refractivity contribution in [3.63, 3.8) is 0 Å². The number of hydrogen-bond donors (Lipinski definition) is 1. The molecule has 2 aliphatic heterocycles. The molecule has 2 fully saturated rings. The van der Waals surface area contributed by atoms with Gasteiger partial charge in [-0.05, 0) is 57.3 Å². The molecule has 3 heterocycles. The molecule has 0 radical (unpaired) electrons. The van der Waals surface area contributed by atoms with Gasteiger partial charge in [0.25, 0.3) is 0 Å². The lowest BCUT2D eigenvalue weighted by Crippen LogP contribution is -2.34. The highest BCUT2D eigenvalue weighted by Crippen LogP contribution is 2.22. The molecule has 138 valence electrons. The van der Waals surface area contributed by atoms with E-state index in [0.29, 0.717) is 5.92 Å². The van der Waals surface area contributed by atoms with Gasteiger partial charge in [0, 0.05) is 19.6 Å². The van der Waals surface area contributed by atoms with E-state index in [1.165, 1.54) is 25.9 Å². The summed E-state index contributed by atoms with van der Waals surface area (Å²) in [5.41, 5.74) is 2.60. The summed E-state index contributed by atoms with van der Waals surface area (Å²) >= 11 is 0. The summed E-state index contributed by atoms with van der Waals surface area (Å²) in [4.78, 5) is 17.1. The molecule has 0 spiro atoms. The summed E-state index contributed by atoms with van der Waals surface area (Å²) in [6.07, 6.45) is 5.63. The first kappa shape index (κ1) is 17.1. The Bertz CT molecular complexity index is 751. The van der Waals surface area contributed by atoms with Crippen molar-refractivity contribution in [3.8, 4) is 5.69 Å². The topological polar surface area (TPSA) is 53.4 Å². The number of aromatic nitrogens is 2. The van der Waals surface area contributed by atoms with Gasteiger partial charge in [0.15, 0.2) is 0 Å². The van der Waals surface area contributed by atoms with Crippen LogP contribution in [0.25, 0.3) is 5.69 Å². The average Bonchev–Trinajstić information content (AvgIpc) is 3.39. The number of urea groups is 1. The number of para-hydroxylation sites is 1. The zero-order chi connectivity index (χ0) is 17.9. The van der Waals surface area contributed by atoms with E-state index in [0.717, 1.165) is 43.1 Å². The summed E-state index contributed by atoms with van der Waals surface area (Å²) in [5, 5.41) is 7.57. The molecular weight excluding hydrogens is 326 g/mol. The maximum atomic E-state index is 12.7. The normalized spacial score (nSPS) is 20.7. The van der Waals surface area contributed by atoms with E-state index in [4.69, 9.17) is 0 Å². The number of benzene rings is 1. The van der Waals surface area contributed by atoms with Crippen LogP contribution in [0.2, 0.25) is 0 Å². The summed E-state index contributed by atoms with van der Waals surface area (Å²) < 4.78 is 1.81. The molecule has 1 aromatic heterocycles. The van der Waals surface area contributed by atoms with E-state index in [9.17, 15) is 4.79 Å². The lowest BCUT2D eigenvalue weighted by atomic mass is 10.1. The van der Waals surface area contributed by atoms with Crippen molar-refractivity contribution < 1.29 is 4.79 Å². The summed E-state index contributed by atoms with van der Waals surface area (Å²) in [5.74, 6) is 0.604. The van der Waals surface area contributed by atoms with Crippen molar-refractivity contribution in [3.05, 3.63) is 42.2 Å². The first-order valence-corrected chi connectivity index (χ1v) is 9.59. The largest absolute Gasteiger partial charge is 0.324 e. The van der Waals surface area contributed by atoms with E-state index >= 15 is 0 Å². The summed E-state index contributed by atoms with van der Waals surface area (Å²) in [7, 11) is 0. The van der Waals surface area contributed by atoms with Gasteiger partial charge in [0.1, 0.15) is 0 Å². The number of nitrogens with zero attached hydrogens (tertiary/aromatic N) is 4. The van der Waals surface area contributed by atoms with Crippen LogP contribution < -0.4 is 5.32 Å². The van der Waals surface area contributed by atoms with Gasteiger partial charge in [-0.2, -0.15) is 5.10 Å². The van der Waals surface area contributed by atoms with E-state index in [1.807, 2.05) is 53.0 Å². The minimum Gasteiger partial charge on any atom is -0.324 e. The van der Waals surface area contributed by atoms with Crippen molar-refractivity contribution in [1.29, 1.82) is 0 Å². The monoisotopic (exact) mass is 353 g/mol. The van der Waals surface area contributed by atoms with Crippen LogP contribution in [0, 0.1) is 12.8 Å². The van der Waals surface area contributed by atoms with Crippen LogP contribution in [-0.4, -0.2) is 58.3 Å². The third kappa shape index (κ3) is 3.75. The second kappa shape index (κ2) is 7.50. The molecule has 0 saturated carbocycles. The Morgan fingerprint density at radius 2 is 1.96 bits per heavy atom. The standard InChI is InChI=1S/C20H27N5O/c1-16-19(15-25(22-16)18-7-3-2-4-8-18)21-20(26)24-12-9-17(14-24)13-23-10-5-6-11-23/h2-4,7-8,15,17H,5-6,9-14H2,1H3,(H,21,26). The first-order chi connectivity index (χ1) is 12.7. The van der Waals surface area contributed by atoms with Gasteiger partial charge in [-0.3, -0.25) is 0 Å². The molecule has 1 unspecified atom stereocenters. The van der Waals surface area contributed by atoms with Gasteiger partial charge < -0.3 is 15.1 Å². The molecule has 6 heteroatoms. The van der Waals surface area contributed by atoms with Gasteiger partial charge >= 0.3 is 6.03 Å². The van der Waals surface area contributed by atoms with Crippen molar-refractivity contribution in [2.75, 3.05) is 38.0 Å². The Balaban J connectivity index is 1.35. The highest BCUT2D eigenvalue weighted by molar-refractivity contribution is 5.90. The number of amides is 2. The third-order valence-electron chi connectivity index (χ3n) is 5.45.